The SMILES string of the molecule is Cc1ccc(C2CCNCC2C(=O)O)o1. The zero-order chi connectivity index (χ0) is 10.8. The van der Waals surface area contributed by atoms with Gasteiger partial charge in [0.2, 0.25) is 0 Å². The van der Waals surface area contributed by atoms with Crippen molar-refractivity contribution in [2.45, 2.75) is 19.3 Å². The van der Waals surface area contributed by atoms with Gasteiger partial charge >= 0.3 is 5.97 Å². The van der Waals surface area contributed by atoms with Gasteiger partial charge in [0.15, 0.2) is 0 Å². The minimum atomic E-state index is -0.749. The summed E-state index contributed by atoms with van der Waals surface area (Å²) in [6, 6.07) is 3.78. The molecule has 0 saturated carbocycles. The topological polar surface area (TPSA) is 62.5 Å². The molecular weight excluding hydrogens is 194 g/mol. The van der Waals surface area contributed by atoms with Gasteiger partial charge in [0.05, 0.1) is 5.92 Å². The lowest BCUT2D eigenvalue weighted by Gasteiger charge is -2.27. The van der Waals surface area contributed by atoms with Crippen LogP contribution in [-0.2, 0) is 4.79 Å². The van der Waals surface area contributed by atoms with E-state index in [9.17, 15) is 4.79 Å². The van der Waals surface area contributed by atoms with E-state index in [-0.39, 0.29) is 11.8 Å². The highest BCUT2D eigenvalue weighted by Gasteiger charge is 2.33. The summed E-state index contributed by atoms with van der Waals surface area (Å²) in [5.74, 6) is 0.539. The lowest BCUT2D eigenvalue weighted by atomic mass is 9.85. The number of carbonyl (C=O) groups is 1. The standard InChI is InChI=1S/C11H15NO3/c1-7-2-3-10(15-7)8-4-5-12-6-9(8)11(13)14/h2-3,8-9,12H,4-6H2,1H3,(H,13,14). The fourth-order valence-electron chi connectivity index (χ4n) is 2.11. The molecule has 1 fully saturated rings. The summed E-state index contributed by atoms with van der Waals surface area (Å²) in [5, 5.41) is 12.2. The van der Waals surface area contributed by atoms with Crippen molar-refractivity contribution in [3.8, 4) is 0 Å². The van der Waals surface area contributed by atoms with Crippen LogP contribution < -0.4 is 5.32 Å². The Morgan fingerprint density at radius 3 is 3.00 bits per heavy atom. The van der Waals surface area contributed by atoms with Crippen molar-refractivity contribution in [3.63, 3.8) is 0 Å². The smallest absolute Gasteiger partial charge is 0.308 e. The fraction of sp³-hybridized carbons (Fsp3) is 0.545. The van der Waals surface area contributed by atoms with E-state index >= 15 is 0 Å². The normalized spacial score (nSPS) is 26.5. The van der Waals surface area contributed by atoms with Crippen LogP contribution in [0.25, 0.3) is 0 Å². The molecule has 0 aliphatic carbocycles. The maximum atomic E-state index is 11.1. The Morgan fingerprint density at radius 2 is 2.40 bits per heavy atom. The Bertz CT molecular complexity index is 358. The van der Waals surface area contributed by atoms with E-state index in [2.05, 4.69) is 5.32 Å². The first-order chi connectivity index (χ1) is 7.18. The molecule has 15 heavy (non-hydrogen) atoms. The van der Waals surface area contributed by atoms with E-state index in [1.165, 1.54) is 0 Å². The molecule has 1 aromatic heterocycles. The van der Waals surface area contributed by atoms with E-state index in [0.717, 1.165) is 24.5 Å². The molecule has 4 heteroatoms. The lowest BCUT2D eigenvalue weighted by Crippen LogP contribution is -2.39. The second-order valence-electron chi connectivity index (χ2n) is 3.99. The van der Waals surface area contributed by atoms with Crippen LogP contribution in [0.3, 0.4) is 0 Å². The fourth-order valence-corrected chi connectivity index (χ4v) is 2.11. The van der Waals surface area contributed by atoms with Gasteiger partial charge in [-0.25, -0.2) is 0 Å². The molecule has 2 unspecified atom stereocenters. The van der Waals surface area contributed by atoms with Gasteiger partial charge in [-0.05, 0) is 32.0 Å². The molecule has 0 aromatic carbocycles. The molecule has 1 aliphatic heterocycles. The summed E-state index contributed by atoms with van der Waals surface area (Å²) in [5.41, 5.74) is 0. The number of carboxylic acid groups (broad SMARTS) is 1. The van der Waals surface area contributed by atoms with Gasteiger partial charge in [0.1, 0.15) is 11.5 Å². The average Bonchev–Trinajstić information content (AvgIpc) is 2.65. The molecule has 1 saturated heterocycles. The van der Waals surface area contributed by atoms with Gasteiger partial charge in [0.25, 0.3) is 0 Å². The van der Waals surface area contributed by atoms with Crippen LogP contribution in [0.5, 0.6) is 0 Å². The summed E-state index contributed by atoms with van der Waals surface area (Å²) in [4.78, 5) is 11.1. The molecule has 2 heterocycles. The van der Waals surface area contributed by atoms with E-state index in [1.54, 1.807) is 0 Å². The molecule has 0 amide bonds. The minimum Gasteiger partial charge on any atom is -0.481 e. The zero-order valence-electron chi connectivity index (χ0n) is 8.69. The summed E-state index contributed by atoms with van der Waals surface area (Å²) < 4.78 is 5.51. The molecule has 0 spiro atoms. The number of hydrogen-bond donors (Lipinski definition) is 2. The molecule has 0 bridgehead atoms. The number of hydrogen-bond acceptors (Lipinski definition) is 3. The van der Waals surface area contributed by atoms with Gasteiger partial charge in [-0.15, -0.1) is 0 Å². The van der Waals surface area contributed by atoms with Crippen molar-refractivity contribution in [2.75, 3.05) is 13.1 Å². The van der Waals surface area contributed by atoms with E-state index in [4.69, 9.17) is 9.52 Å². The van der Waals surface area contributed by atoms with Gasteiger partial charge in [-0.2, -0.15) is 0 Å². The number of rotatable bonds is 2. The minimum absolute atomic E-state index is 0.0115. The van der Waals surface area contributed by atoms with E-state index in [1.807, 2.05) is 19.1 Å². The van der Waals surface area contributed by atoms with Gasteiger partial charge in [0, 0.05) is 12.5 Å². The quantitative estimate of drug-likeness (QED) is 0.772. The lowest BCUT2D eigenvalue weighted by molar-refractivity contribution is -0.143. The Kier molecular flexibility index (Phi) is 2.77. The monoisotopic (exact) mass is 209 g/mol. The van der Waals surface area contributed by atoms with Crippen molar-refractivity contribution < 1.29 is 14.3 Å². The first-order valence-corrected chi connectivity index (χ1v) is 5.18. The Balaban J connectivity index is 2.21. The molecule has 1 aliphatic rings. The van der Waals surface area contributed by atoms with Crippen LogP contribution in [0.4, 0.5) is 0 Å². The van der Waals surface area contributed by atoms with Crippen molar-refractivity contribution in [3.05, 3.63) is 23.7 Å². The molecule has 1 aromatic rings. The van der Waals surface area contributed by atoms with Crippen LogP contribution in [0.1, 0.15) is 23.9 Å². The van der Waals surface area contributed by atoms with E-state index in [0.29, 0.717) is 6.54 Å². The second kappa shape index (κ2) is 4.06. The van der Waals surface area contributed by atoms with Crippen molar-refractivity contribution >= 4 is 5.97 Å². The third-order valence-electron chi connectivity index (χ3n) is 2.93. The summed E-state index contributed by atoms with van der Waals surface area (Å²) in [7, 11) is 0. The van der Waals surface area contributed by atoms with E-state index < -0.39 is 5.97 Å². The first-order valence-electron chi connectivity index (χ1n) is 5.18. The zero-order valence-corrected chi connectivity index (χ0v) is 8.69. The Morgan fingerprint density at radius 1 is 1.60 bits per heavy atom. The Hall–Kier alpha value is -1.29. The number of aryl methyl sites for hydroxylation is 1. The highest BCUT2D eigenvalue weighted by Crippen LogP contribution is 2.31. The predicted molar refractivity (Wildman–Crippen MR) is 54.8 cm³/mol. The van der Waals surface area contributed by atoms with Gasteiger partial charge in [-0.3, -0.25) is 4.79 Å². The summed E-state index contributed by atoms with van der Waals surface area (Å²) in [6.45, 7) is 3.26. The third kappa shape index (κ3) is 2.04. The highest BCUT2D eigenvalue weighted by atomic mass is 16.4. The largest absolute Gasteiger partial charge is 0.481 e. The maximum absolute atomic E-state index is 11.1. The molecule has 0 radical (unpaired) electrons. The Labute approximate surface area is 88.3 Å². The number of piperidine rings is 1. The van der Waals surface area contributed by atoms with Crippen LogP contribution in [0.15, 0.2) is 16.5 Å². The van der Waals surface area contributed by atoms with Crippen LogP contribution in [0.2, 0.25) is 0 Å². The molecule has 2 rings (SSSR count). The van der Waals surface area contributed by atoms with Gasteiger partial charge in [-0.1, -0.05) is 0 Å². The highest BCUT2D eigenvalue weighted by molar-refractivity contribution is 5.71. The molecule has 82 valence electrons. The van der Waals surface area contributed by atoms with Crippen LogP contribution >= 0.6 is 0 Å². The van der Waals surface area contributed by atoms with Crippen molar-refractivity contribution in [1.82, 2.24) is 5.32 Å². The van der Waals surface area contributed by atoms with Crippen molar-refractivity contribution in [2.24, 2.45) is 5.92 Å². The number of aliphatic carboxylic acids is 1. The van der Waals surface area contributed by atoms with Crippen molar-refractivity contribution in [1.29, 1.82) is 0 Å². The summed E-state index contributed by atoms with van der Waals surface area (Å²) >= 11 is 0. The maximum Gasteiger partial charge on any atom is 0.308 e. The third-order valence-corrected chi connectivity index (χ3v) is 2.93. The summed E-state index contributed by atoms with van der Waals surface area (Å²) in [6.07, 6.45) is 0.823. The molecule has 2 atom stereocenters. The number of nitrogens with one attached hydrogen (secondary N) is 1. The van der Waals surface area contributed by atoms with Crippen LogP contribution in [0, 0.1) is 12.8 Å². The predicted octanol–water partition coefficient (Wildman–Crippen LogP) is 1.37. The average molecular weight is 209 g/mol. The molecule has 4 nitrogen and oxygen atoms in total. The molecule has 2 N–H and O–H groups in total. The van der Waals surface area contributed by atoms with Gasteiger partial charge < -0.3 is 14.8 Å². The number of furan rings is 1. The second-order valence-corrected chi connectivity index (χ2v) is 3.99. The first kappa shape index (κ1) is 10.2. The van der Waals surface area contributed by atoms with Crippen LogP contribution in [-0.4, -0.2) is 24.2 Å². The molecular formula is C11H15NO3. The number of carboxylic acids is 1.